The third-order valence-electron chi connectivity index (χ3n) is 8.65. The van der Waals surface area contributed by atoms with Crippen LogP contribution in [0.15, 0.2) is 24.4 Å². The van der Waals surface area contributed by atoms with Crippen molar-refractivity contribution in [3.05, 3.63) is 35.5 Å². The van der Waals surface area contributed by atoms with E-state index in [9.17, 15) is 0 Å². The summed E-state index contributed by atoms with van der Waals surface area (Å²) in [6.45, 7) is 1.18. The highest BCUT2D eigenvalue weighted by Crippen LogP contribution is 2.38. The van der Waals surface area contributed by atoms with Gasteiger partial charge in [-0.1, -0.05) is 63.9 Å². The van der Waals surface area contributed by atoms with Crippen molar-refractivity contribution in [2.75, 3.05) is 6.54 Å². The number of benzene rings is 1. The first-order valence-corrected chi connectivity index (χ1v) is 13.8. The van der Waals surface area contributed by atoms with Crippen molar-refractivity contribution in [2.24, 2.45) is 0 Å². The van der Waals surface area contributed by atoms with Gasteiger partial charge in [0.25, 0.3) is 0 Å². The molecule has 1 N–H and O–H groups in total. The van der Waals surface area contributed by atoms with Gasteiger partial charge in [0.1, 0.15) is 0 Å². The Kier molecular flexibility index (Phi) is 7.34. The molecule has 0 unspecified atom stereocenters. The van der Waals surface area contributed by atoms with E-state index in [0.717, 1.165) is 18.0 Å². The molecule has 31 heavy (non-hydrogen) atoms. The first-order chi connectivity index (χ1) is 15.4. The van der Waals surface area contributed by atoms with Gasteiger partial charge in [-0.3, -0.25) is 0 Å². The van der Waals surface area contributed by atoms with Crippen LogP contribution in [0.2, 0.25) is 0 Å². The minimum atomic E-state index is 0.728. The molecular formula is C29H44N2. The Hall–Kier alpha value is -1.28. The summed E-state index contributed by atoms with van der Waals surface area (Å²) in [6, 6.07) is 9.08. The maximum atomic E-state index is 3.87. The first-order valence-electron chi connectivity index (χ1n) is 13.8. The van der Waals surface area contributed by atoms with E-state index in [0.29, 0.717) is 0 Å². The van der Waals surface area contributed by atoms with Gasteiger partial charge in [0, 0.05) is 29.2 Å². The summed E-state index contributed by atoms with van der Waals surface area (Å²) < 4.78 is 2.68. The molecule has 3 saturated carbocycles. The molecule has 0 spiro atoms. The zero-order chi connectivity index (χ0) is 20.9. The third-order valence-corrected chi connectivity index (χ3v) is 8.65. The number of aromatic nitrogens is 1. The van der Waals surface area contributed by atoms with Gasteiger partial charge in [0.2, 0.25) is 0 Å². The topological polar surface area (TPSA) is 17.0 Å². The fraction of sp³-hybridized carbons (Fsp3) is 0.724. The second kappa shape index (κ2) is 10.6. The minimum absolute atomic E-state index is 0.728. The summed E-state index contributed by atoms with van der Waals surface area (Å²) in [5.74, 6) is 0.803. The molecule has 0 aliphatic heterocycles. The highest BCUT2D eigenvalue weighted by atomic mass is 15.0. The molecule has 0 bridgehead atoms. The lowest BCUT2D eigenvalue weighted by atomic mass is 9.83. The number of aryl methyl sites for hydroxylation is 1. The number of hydrogen-bond donors (Lipinski definition) is 1. The SMILES string of the molecule is c1cc2c(cc1C1CCCCC1)c(CCCNC1CCCCC1)cn2C1CCCCC1. The van der Waals surface area contributed by atoms with Crippen molar-refractivity contribution < 1.29 is 0 Å². The summed E-state index contributed by atoms with van der Waals surface area (Å²) in [5.41, 5.74) is 4.75. The smallest absolute Gasteiger partial charge is 0.0485 e. The van der Waals surface area contributed by atoms with E-state index in [4.69, 9.17) is 0 Å². The first kappa shape index (κ1) is 21.6. The van der Waals surface area contributed by atoms with Crippen LogP contribution >= 0.6 is 0 Å². The largest absolute Gasteiger partial charge is 0.344 e. The van der Waals surface area contributed by atoms with Gasteiger partial charge in [-0.2, -0.15) is 0 Å². The van der Waals surface area contributed by atoms with Crippen LogP contribution in [0.4, 0.5) is 0 Å². The highest BCUT2D eigenvalue weighted by molar-refractivity contribution is 5.85. The molecule has 0 radical (unpaired) electrons. The highest BCUT2D eigenvalue weighted by Gasteiger charge is 2.21. The maximum Gasteiger partial charge on any atom is 0.0485 e. The molecule has 5 rings (SSSR count). The molecular weight excluding hydrogens is 376 g/mol. The molecule has 1 aromatic heterocycles. The van der Waals surface area contributed by atoms with Crippen LogP contribution in [0.3, 0.4) is 0 Å². The van der Waals surface area contributed by atoms with Crippen molar-refractivity contribution >= 4 is 10.9 Å². The van der Waals surface area contributed by atoms with Gasteiger partial charge >= 0.3 is 0 Å². The van der Waals surface area contributed by atoms with Gasteiger partial charge in [-0.05, 0) is 87.1 Å². The molecule has 0 atom stereocenters. The molecule has 0 amide bonds. The lowest BCUT2D eigenvalue weighted by molar-refractivity contribution is 0.360. The Morgan fingerprint density at radius 1 is 0.774 bits per heavy atom. The summed E-state index contributed by atoms with van der Waals surface area (Å²) >= 11 is 0. The van der Waals surface area contributed by atoms with Crippen LogP contribution < -0.4 is 5.32 Å². The third kappa shape index (κ3) is 5.21. The lowest BCUT2D eigenvalue weighted by Crippen LogP contribution is -2.31. The van der Waals surface area contributed by atoms with Crippen LogP contribution in [0, 0.1) is 0 Å². The van der Waals surface area contributed by atoms with Crippen LogP contribution in [0.5, 0.6) is 0 Å². The summed E-state index contributed by atoms with van der Waals surface area (Å²) in [4.78, 5) is 0. The van der Waals surface area contributed by atoms with Gasteiger partial charge in [0.05, 0.1) is 0 Å². The van der Waals surface area contributed by atoms with Crippen molar-refractivity contribution in [1.29, 1.82) is 0 Å². The number of rotatable bonds is 7. The zero-order valence-corrected chi connectivity index (χ0v) is 19.7. The molecule has 170 valence electrons. The maximum absolute atomic E-state index is 3.87. The van der Waals surface area contributed by atoms with Crippen molar-refractivity contribution in [1.82, 2.24) is 9.88 Å². The van der Waals surface area contributed by atoms with Crippen molar-refractivity contribution in [3.8, 4) is 0 Å². The molecule has 1 aromatic carbocycles. The fourth-order valence-corrected chi connectivity index (χ4v) is 6.79. The molecule has 3 aliphatic rings. The quantitative estimate of drug-likeness (QED) is 0.448. The van der Waals surface area contributed by atoms with E-state index in [1.54, 1.807) is 16.5 Å². The average molecular weight is 421 g/mol. The van der Waals surface area contributed by atoms with Crippen molar-refractivity contribution in [2.45, 2.75) is 127 Å². The zero-order valence-electron chi connectivity index (χ0n) is 19.7. The fourth-order valence-electron chi connectivity index (χ4n) is 6.79. The van der Waals surface area contributed by atoms with Gasteiger partial charge in [-0.25, -0.2) is 0 Å². The normalized spacial score (nSPS) is 22.3. The summed E-state index contributed by atoms with van der Waals surface area (Å²) in [6.07, 6.45) is 26.2. The van der Waals surface area contributed by atoms with Crippen LogP contribution in [0.25, 0.3) is 10.9 Å². The molecule has 0 saturated heterocycles. The second-order valence-corrected chi connectivity index (χ2v) is 10.9. The second-order valence-electron chi connectivity index (χ2n) is 10.9. The summed E-state index contributed by atoms with van der Waals surface area (Å²) in [5, 5.41) is 5.44. The number of fused-ring (bicyclic) bond motifs is 1. The van der Waals surface area contributed by atoms with E-state index in [-0.39, 0.29) is 0 Å². The summed E-state index contributed by atoms with van der Waals surface area (Å²) in [7, 11) is 0. The predicted molar refractivity (Wildman–Crippen MR) is 133 cm³/mol. The minimum Gasteiger partial charge on any atom is -0.344 e. The number of hydrogen-bond acceptors (Lipinski definition) is 1. The van der Waals surface area contributed by atoms with E-state index in [2.05, 4.69) is 34.3 Å². The monoisotopic (exact) mass is 420 g/mol. The standard InChI is InChI=1S/C29H44N2/c1-4-11-23(12-5-1)24-18-19-29-28(21-24)25(22-31(29)27-16-8-3-9-17-27)13-10-20-30-26-14-6-2-7-15-26/h18-19,21-23,26-27,30H,1-17,20H2. The van der Waals surface area contributed by atoms with E-state index >= 15 is 0 Å². The Morgan fingerprint density at radius 2 is 1.45 bits per heavy atom. The number of nitrogens with zero attached hydrogens (tertiary/aromatic N) is 1. The van der Waals surface area contributed by atoms with Crippen LogP contribution in [-0.2, 0) is 6.42 Å². The van der Waals surface area contributed by atoms with Gasteiger partial charge < -0.3 is 9.88 Å². The lowest BCUT2D eigenvalue weighted by Gasteiger charge is -2.25. The molecule has 2 aromatic rings. The van der Waals surface area contributed by atoms with Gasteiger partial charge in [0.15, 0.2) is 0 Å². The van der Waals surface area contributed by atoms with E-state index in [1.807, 2.05) is 0 Å². The molecule has 1 heterocycles. The van der Waals surface area contributed by atoms with E-state index in [1.165, 1.54) is 121 Å². The van der Waals surface area contributed by atoms with Crippen LogP contribution in [-0.4, -0.2) is 17.2 Å². The molecule has 2 heteroatoms. The Labute approximate surface area is 190 Å². The van der Waals surface area contributed by atoms with Crippen molar-refractivity contribution in [3.63, 3.8) is 0 Å². The molecule has 3 fully saturated rings. The number of nitrogens with one attached hydrogen (secondary N) is 1. The van der Waals surface area contributed by atoms with Crippen LogP contribution in [0.1, 0.15) is 126 Å². The average Bonchev–Trinajstić information content (AvgIpc) is 3.21. The Balaban J connectivity index is 1.33. The van der Waals surface area contributed by atoms with Gasteiger partial charge in [-0.15, -0.1) is 0 Å². The predicted octanol–water partition coefficient (Wildman–Crippen LogP) is 8.05. The Morgan fingerprint density at radius 3 is 2.19 bits per heavy atom. The Bertz CT molecular complexity index is 817. The van der Waals surface area contributed by atoms with E-state index < -0.39 is 0 Å². The molecule has 2 nitrogen and oxygen atoms in total. The molecule has 3 aliphatic carbocycles.